The van der Waals surface area contributed by atoms with Crippen LogP contribution in [0.4, 0.5) is 10.1 Å². The molecule has 9 rings (SSSR count). The second-order valence-electron chi connectivity index (χ2n) is 11.4. The summed E-state index contributed by atoms with van der Waals surface area (Å²) >= 11 is 0. The normalized spacial score (nSPS) is 24.3. The minimum Gasteiger partial charge on any atom is -0.368 e. The van der Waals surface area contributed by atoms with Gasteiger partial charge in [-0.3, -0.25) is 5.10 Å². The lowest BCUT2D eigenvalue weighted by Gasteiger charge is -2.66. The Balaban J connectivity index is 0.985. The lowest BCUT2D eigenvalue weighted by atomic mass is 9.41. The number of H-pyrrole nitrogens is 2. The van der Waals surface area contributed by atoms with Crippen molar-refractivity contribution >= 4 is 27.5 Å². The largest absolute Gasteiger partial charge is 0.368 e. The van der Waals surface area contributed by atoms with Gasteiger partial charge in [0, 0.05) is 40.9 Å². The van der Waals surface area contributed by atoms with Gasteiger partial charge in [-0.2, -0.15) is 5.10 Å². The van der Waals surface area contributed by atoms with Crippen LogP contribution in [0.15, 0.2) is 48.8 Å². The van der Waals surface area contributed by atoms with Gasteiger partial charge in [-0.1, -0.05) is 17.3 Å². The zero-order valence-corrected chi connectivity index (χ0v) is 20.1. The molecule has 2 bridgehead atoms. The number of fused-ring (bicyclic) bond motifs is 2. The summed E-state index contributed by atoms with van der Waals surface area (Å²) in [6.45, 7) is 2.84. The molecule has 2 N–H and O–H groups in total. The summed E-state index contributed by atoms with van der Waals surface area (Å²) in [5, 5.41) is 18.5. The average Bonchev–Trinajstić information content (AvgIpc) is 3.21. The van der Waals surface area contributed by atoms with Crippen LogP contribution in [-0.2, 0) is 13.0 Å². The van der Waals surface area contributed by atoms with Gasteiger partial charge in [-0.05, 0) is 79.2 Å². The summed E-state index contributed by atoms with van der Waals surface area (Å²) in [6, 6.07) is 13.2. The minimum atomic E-state index is -0.785. The fraction of sp³-hybridized carbons (Fsp3) is 0.393. The maximum atomic E-state index is 13.8. The van der Waals surface area contributed by atoms with Crippen molar-refractivity contribution in [3.63, 3.8) is 0 Å². The van der Waals surface area contributed by atoms with Gasteiger partial charge in [0.25, 0.3) is 0 Å². The first-order valence-electron chi connectivity index (χ1n) is 13.0. The zero-order valence-electron chi connectivity index (χ0n) is 20.1. The topological polar surface area (TPSA) is 78.2 Å². The molecule has 4 fully saturated rings. The molecule has 1 aliphatic heterocycles. The van der Waals surface area contributed by atoms with Crippen molar-refractivity contribution < 1.29 is 4.39 Å². The number of alkyl halides is 1. The fourth-order valence-corrected chi connectivity index (χ4v) is 6.67. The molecule has 0 atom stereocenters. The molecule has 1 saturated heterocycles. The van der Waals surface area contributed by atoms with Crippen LogP contribution in [0.25, 0.3) is 33.1 Å². The molecule has 3 aromatic heterocycles. The Morgan fingerprint density at radius 2 is 1.92 bits per heavy atom. The van der Waals surface area contributed by atoms with Crippen LogP contribution in [0.3, 0.4) is 0 Å². The molecule has 0 unspecified atom stereocenters. The predicted molar refractivity (Wildman–Crippen MR) is 138 cm³/mol. The van der Waals surface area contributed by atoms with Gasteiger partial charge in [0.1, 0.15) is 11.4 Å². The van der Waals surface area contributed by atoms with E-state index in [1.165, 1.54) is 22.3 Å². The Hall–Kier alpha value is -3.68. The van der Waals surface area contributed by atoms with Crippen LogP contribution < -0.4 is 4.90 Å². The maximum Gasteiger partial charge on any atom is 0.113 e. The number of benzene rings is 2. The van der Waals surface area contributed by atoms with Crippen molar-refractivity contribution in [3.8, 4) is 11.3 Å². The van der Waals surface area contributed by atoms with Crippen molar-refractivity contribution in [2.45, 2.75) is 50.7 Å². The van der Waals surface area contributed by atoms with Crippen molar-refractivity contribution in [1.29, 1.82) is 0 Å². The highest BCUT2D eigenvalue weighted by molar-refractivity contribution is 5.96. The summed E-state index contributed by atoms with van der Waals surface area (Å²) in [6.07, 6.45) is 9.59. The van der Waals surface area contributed by atoms with Crippen molar-refractivity contribution in [1.82, 2.24) is 30.2 Å². The lowest BCUT2D eigenvalue weighted by Crippen LogP contribution is -2.64. The number of aromatic amines is 2. The number of halogens is 1. The molecule has 3 aliphatic carbocycles. The van der Waals surface area contributed by atoms with Crippen LogP contribution in [0.2, 0.25) is 0 Å². The van der Waals surface area contributed by atoms with Crippen molar-refractivity contribution in [2.75, 3.05) is 18.0 Å². The van der Waals surface area contributed by atoms with E-state index in [9.17, 15) is 4.39 Å². The van der Waals surface area contributed by atoms with Gasteiger partial charge in [0.2, 0.25) is 0 Å². The average molecular weight is 482 g/mol. The number of nitrogens with one attached hydrogen (secondary N) is 2. The van der Waals surface area contributed by atoms with Crippen LogP contribution >= 0.6 is 0 Å². The first-order valence-corrected chi connectivity index (χ1v) is 13.0. The molecule has 5 aromatic rings. The number of hydrogen-bond acceptors (Lipinski definition) is 4. The number of aromatic nitrogens is 6. The van der Waals surface area contributed by atoms with Crippen molar-refractivity contribution in [3.05, 3.63) is 60.0 Å². The molecule has 0 radical (unpaired) electrons. The molecule has 182 valence electrons. The molecular weight excluding hydrogens is 453 g/mol. The third-order valence-electron chi connectivity index (χ3n) is 8.49. The SMILES string of the molecule is FC12CC(CCCc3cc4ccc(Cn5cc(-c6cc(N7CC7)cc7[nH]ncc67)nn5)cc4[nH]3)(C1)C2. The highest BCUT2D eigenvalue weighted by Crippen LogP contribution is 2.71. The molecule has 0 spiro atoms. The minimum absolute atomic E-state index is 0.338. The van der Waals surface area contributed by atoms with E-state index in [1.807, 2.05) is 17.1 Å². The van der Waals surface area contributed by atoms with Gasteiger partial charge in [0.15, 0.2) is 0 Å². The van der Waals surface area contributed by atoms with Gasteiger partial charge < -0.3 is 9.88 Å². The molecule has 3 saturated carbocycles. The molecule has 4 heterocycles. The Morgan fingerprint density at radius 1 is 1.03 bits per heavy atom. The Kier molecular flexibility index (Phi) is 4.09. The Morgan fingerprint density at radius 3 is 2.75 bits per heavy atom. The predicted octanol–water partition coefficient (Wildman–Crippen LogP) is 5.39. The van der Waals surface area contributed by atoms with Crippen LogP contribution in [0.5, 0.6) is 0 Å². The number of anilines is 1. The highest BCUT2D eigenvalue weighted by atomic mass is 19.1. The maximum absolute atomic E-state index is 13.8. The molecule has 36 heavy (non-hydrogen) atoms. The number of hydrogen-bond donors (Lipinski definition) is 2. The second-order valence-corrected chi connectivity index (χ2v) is 11.4. The van der Waals surface area contributed by atoms with E-state index >= 15 is 0 Å². The third kappa shape index (κ3) is 3.34. The number of aryl methyl sites for hydroxylation is 1. The van der Waals surface area contributed by atoms with Crippen LogP contribution in [-0.4, -0.2) is 48.9 Å². The smallest absolute Gasteiger partial charge is 0.113 e. The molecule has 0 amide bonds. The fourth-order valence-electron chi connectivity index (χ4n) is 6.67. The third-order valence-corrected chi connectivity index (χ3v) is 8.49. The highest BCUT2D eigenvalue weighted by Gasteiger charge is 2.68. The van der Waals surface area contributed by atoms with E-state index in [0.717, 1.165) is 79.3 Å². The van der Waals surface area contributed by atoms with Gasteiger partial charge in [0.05, 0.1) is 24.5 Å². The first-order chi connectivity index (χ1) is 17.5. The van der Waals surface area contributed by atoms with Crippen LogP contribution in [0, 0.1) is 5.41 Å². The molecule has 8 heteroatoms. The van der Waals surface area contributed by atoms with E-state index in [4.69, 9.17) is 0 Å². The Bertz CT molecular complexity index is 1600. The van der Waals surface area contributed by atoms with E-state index < -0.39 is 5.67 Å². The van der Waals surface area contributed by atoms with E-state index in [2.05, 4.69) is 66.8 Å². The van der Waals surface area contributed by atoms with Gasteiger partial charge >= 0.3 is 0 Å². The quantitative estimate of drug-likeness (QED) is 0.292. The van der Waals surface area contributed by atoms with Gasteiger partial charge in [-0.15, -0.1) is 5.10 Å². The van der Waals surface area contributed by atoms with Crippen molar-refractivity contribution in [2.24, 2.45) is 5.41 Å². The van der Waals surface area contributed by atoms with Crippen LogP contribution in [0.1, 0.15) is 43.4 Å². The standard InChI is InChI=1S/C28H28FN7/c29-28-15-27(16-28,17-28)5-1-2-20-9-19-4-3-18(8-24(19)31-20)13-36-14-26(33-34-36)22-10-21(35-6-7-35)11-25-23(22)12-30-32-25/h3-4,8-12,14,31H,1-2,5-7,13,15-17H2,(H,30,32). The summed E-state index contributed by atoms with van der Waals surface area (Å²) < 4.78 is 15.7. The summed E-state index contributed by atoms with van der Waals surface area (Å²) in [5.74, 6) is 0. The second kappa shape index (κ2) is 7.18. The summed E-state index contributed by atoms with van der Waals surface area (Å²) in [4.78, 5) is 5.92. The van der Waals surface area contributed by atoms with E-state index in [1.54, 1.807) is 0 Å². The van der Waals surface area contributed by atoms with E-state index in [0.29, 0.717) is 12.0 Å². The number of nitrogens with zero attached hydrogens (tertiary/aromatic N) is 5. The summed E-state index contributed by atoms with van der Waals surface area (Å²) in [7, 11) is 0. The monoisotopic (exact) mass is 481 g/mol. The van der Waals surface area contributed by atoms with Gasteiger partial charge in [-0.25, -0.2) is 9.07 Å². The lowest BCUT2D eigenvalue weighted by molar-refractivity contribution is -0.216. The number of rotatable bonds is 8. The summed E-state index contributed by atoms with van der Waals surface area (Å²) in [5.41, 5.74) is 7.28. The Labute approximate surface area is 207 Å². The first kappa shape index (κ1) is 20.5. The zero-order chi connectivity index (χ0) is 23.9. The molecule has 7 nitrogen and oxygen atoms in total. The van der Waals surface area contributed by atoms with E-state index in [-0.39, 0.29) is 0 Å². The molecule has 2 aromatic carbocycles. The molecule has 4 aliphatic rings. The molecular formula is C28H28FN7.